The van der Waals surface area contributed by atoms with E-state index in [-0.39, 0.29) is 0 Å². The van der Waals surface area contributed by atoms with Crippen molar-refractivity contribution >= 4 is 33.9 Å². The Morgan fingerprint density at radius 1 is 0.800 bits per heavy atom. The first-order valence-corrected chi connectivity index (χ1v) is 9.60. The lowest BCUT2D eigenvalue weighted by atomic mass is 9.89. The molecule has 0 radical (unpaired) electrons. The third-order valence-electron chi connectivity index (χ3n) is 4.54. The smallest absolute Gasteiger partial charge is 0.0653 e. The molecule has 2 N–H and O–H groups in total. The van der Waals surface area contributed by atoms with Gasteiger partial charge in [0.2, 0.25) is 0 Å². The molecule has 2 aromatic carbocycles. The van der Waals surface area contributed by atoms with Gasteiger partial charge in [0.15, 0.2) is 0 Å². The first-order valence-electron chi connectivity index (χ1n) is 9.60. The van der Waals surface area contributed by atoms with Gasteiger partial charge in [-0.15, -0.1) is 0 Å². The molecule has 132 valence electrons. The van der Waals surface area contributed by atoms with E-state index in [1.807, 2.05) is 0 Å². The van der Waals surface area contributed by atoms with Crippen LogP contribution in [0.5, 0.6) is 0 Å². The number of nitrogens with zero attached hydrogens (tertiary/aromatic N) is 1. The van der Waals surface area contributed by atoms with Gasteiger partial charge in [-0.3, -0.25) is 4.99 Å². The average Bonchev–Trinajstić information content (AvgIpc) is 2.65. The number of allylic oxidation sites excluding steroid dienone is 1. The predicted molar refractivity (Wildman–Crippen MR) is 112 cm³/mol. The van der Waals surface area contributed by atoms with E-state index in [2.05, 4.69) is 67.8 Å². The molecule has 0 fully saturated rings. The maximum atomic E-state index is 4.80. The first kappa shape index (κ1) is 17.5. The molecule has 0 heterocycles. The zero-order chi connectivity index (χ0) is 17.6. The summed E-state index contributed by atoms with van der Waals surface area (Å²) in [5.74, 6) is 0. The molecule has 3 rings (SSSR count). The maximum absolute atomic E-state index is 4.80. The van der Waals surface area contributed by atoms with Gasteiger partial charge in [-0.25, -0.2) is 0 Å². The normalized spacial score (nSPS) is 14.3. The van der Waals surface area contributed by atoms with Gasteiger partial charge < -0.3 is 10.6 Å². The van der Waals surface area contributed by atoms with Crippen molar-refractivity contribution in [3.8, 4) is 0 Å². The van der Waals surface area contributed by atoms with Gasteiger partial charge in [0.1, 0.15) is 0 Å². The zero-order valence-electron chi connectivity index (χ0n) is 15.7. The zero-order valence-corrected chi connectivity index (χ0v) is 15.7. The molecule has 0 saturated carbocycles. The molecule has 0 amide bonds. The van der Waals surface area contributed by atoms with Crippen molar-refractivity contribution in [1.29, 1.82) is 0 Å². The number of anilines is 2. The van der Waals surface area contributed by atoms with Crippen molar-refractivity contribution in [3.05, 3.63) is 41.5 Å². The SMILES string of the molecule is CCCN=C1C=Cc2c(NCCC)ccc3c(NCCC)ccc1c23. The minimum atomic E-state index is 0.875. The van der Waals surface area contributed by atoms with Crippen molar-refractivity contribution in [2.45, 2.75) is 40.0 Å². The van der Waals surface area contributed by atoms with E-state index in [0.29, 0.717) is 0 Å². The van der Waals surface area contributed by atoms with E-state index < -0.39 is 0 Å². The second-order valence-corrected chi connectivity index (χ2v) is 6.56. The fraction of sp³-hybridized carbons (Fsp3) is 0.409. The van der Waals surface area contributed by atoms with Gasteiger partial charge in [-0.05, 0) is 37.5 Å². The Bertz CT molecular complexity index is 803. The van der Waals surface area contributed by atoms with E-state index >= 15 is 0 Å². The summed E-state index contributed by atoms with van der Waals surface area (Å²) in [5.41, 5.74) is 6.08. The number of aliphatic imine (C=N–C) groups is 1. The first-order chi connectivity index (χ1) is 12.3. The molecule has 1 aliphatic rings. The van der Waals surface area contributed by atoms with E-state index in [0.717, 1.165) is 44.6 Å². The summed E-state index contributed by atoms with van der Waals surface area (Å²) < 4.78 is 0. The Morgan fingerprint density at radius 2 is 1.52 bits per heavy atom. The largest absolute Gasteiger partial charge is 0.385 e. The molecule has 0 unspecified atom stereocenters. The van der Waals surface area contributed by atoms with E-state index in [1.165, 1.54) is 33.3 Å². The average molecular weight is 335 g/mol. The predicted octanol–water partition coefficient (Wildman–Crippen LogP) is 5.71. The number of hydrogen-bond acceptors (Lipinski definition) is 3. The number of hydrogen-bond donors (Lipinski definition) is 2. The molecule has 25 heavy (non-hydrogen) atoms. The third-order valence-corrected chi connectivity index (χ3v) is 4.54. The molecular weight excluding hydrogens is 306 g/mol. The quantitative estimate of drug-likeness (QED) is 0.648. The molecule has 0 atom stereocenters. The van der Waals surface area contributed by atoms with Gasteiger partial charge >= 0.3 is 0 Å². The maximum Gasteiger partial charge on any atom is 0.0653 e. The van der Waals surface area contributed by atoms with Crippen LogP contribution in [0.2, 0.25) is 0 Å². The van der Waals surface area contributed by atoms with Crippen LogP contribution in [0.25, 0.3) is 16.8 Å². The van der Waals surface area contributed by atoms with Gasteiger partial charge in [-0.2, -0.15) is 0 Å². The lowest BCUT2D eigenvalue weighted by Gasteiger charge is -2.21. The van der Waals surface area contributed by atoms with Gasteiger partial charge in [0, 0.05) is 52.9 Å². The van der Waals surface area contributed by atoms with E-state index in [1.54, 1.807) is 0 Å². The molecule has 0 spiro atoms. The molecule has 1 aliphatic carbocycles. The summed E-state index contributed by atoms with van der Waals surface area (Å²) >= 11 is 0. The summed E-state index contributed by atoms with van der Waals surface area (Å²) in [6.07, 6.45) is 7.71. The Kier molecular flexibility index (Phi) is 5.75. The molecule has 0 saturated heterocycles. The number of nitrogens with one attached hydrogen (secondary N) is 2. The van der Waals surface area contributed by atoms with Crippen LogP contribution in [0.15, 0.2) is 35.3 Å². The fourth-order valence-electron chi connectivity index (χ4n) is 3.31. The minimum absolute atomic E-state index is 0.875. The lowest BCUT2D eigenvalue weighted by Crippen LogP contribution is -2.09. The molecule has 2 aromatic rings. The van der Waals surface area contributed by atoms with Crippen LogP contribution in [0.1, 0.15) is 51.2 Å². The van der Waals surface area contributed by atoms with Crippen LogP contribution in [0.3, 0.4) is 0 Å². The molecule has 0 bridgehead atoms. The molecular formula is C22H29N3. The lowest BCUT2D eigenvalue weighted by molar-refractivity contribution is 0.934. The summed E-state index contributed by atoms with van der Waals surface area (Å²) in [6, 6.07) is 8.89. The van der Waals surface area contributed by atoms with Crippen molar-refractivity contribution < 1.29 is 0 Å². The van der Waals surface area contributed by atoms with Crippen LogP contribution >= 0.6 is 0 Å². The van der Waals surface area contributed by atoms with Crippen molar-refractivity contribution in [1.82, 2.24) is 0 Å². The summed E-state index contributed by atoms with van der Waals surface area (Å²) in [7, 11) is 0. The second-order valence-electron chi connectivity index (χ2n) is 6.56. The summed E-state index contributed by atoms with van der Waals surface area (Å²) in [4.78, 5) is 4.80. The van der Waals surface area contributed by atoms with E-state index in [9.17, 15) is 0 Å². The molecule has 3 heteroatoms. The topological polar surface area (TPSA) is 36.4 Å². The molecule has 0 aliphatic heterocycles. The highest BCUT2D eigenvalue weighted by Gasteiger charge is 2.18. The van der Waals surface area contributed by atoms with Crippen molar-refractivity contribution in [3.63, 3.8) is 0 Å². The van der Waals surface area contributed by atoms with Crippen molar-refractivity contribution in [2.24, 2.45) is 4.99 Å². The third kappa shape index (κ3) is 3.55. The van der Waals surface area contributed by atoms with Crippen molar-refractivity contribution in [2.75, 3.05) is 30.3 Å². The number of rotatable bonds is 8. The summed E-state index contributed by atoms with van der Waals surface area (Å²) in [6.45, 7) is 9.43. The van der Waals surface area contributed by atoms with Crippen LogP contribution in [-0.4, -0.2) is 25.3 Å². The van der Waals surface area contributed by atoms with Crippen LogP contribution in [0.4, 0.5) is 11.4 Å². The second kappa shape index (κ2) is 8.19. The van der Waals surface area contributed by atoms with Gasteiger partial charge in [-0.1, -0.05) is 39.0 Å². The summed E-state index contributed by atoms with van der Waals surface area (Å²) in [5, 5.41) is 9.76. The fourth-order valence-corrected chi connectivity index (χ4v) is 3.31. The monoisotopic (exact) mass is 335 g/mol. The molecule has 0 aromatic heterocycles. The molecule has 3 nitrogen and oxygen atoms in total. The highest BCUT2D eigenvalue weighted by Crippen LogP contribution is 2.37. The van der Waals surface area contributed by atoms with E-state index in [4.69, 9.17) is 4.99 Å². The Balaban J connectivity index is 2.17. The Labute approximate surface area is 151 Å². The minimum Gasteiger partial charge on any atom is -0.385 e. The van der Waals surface area contributed by atoms with Crippen LogP contribution < -0.4 is 10.6 Å². The van der Waals surface area contributed by atoms with Crippen LogP contribution in [-0.2, 0) is 0 Å². The highest BCUT2D eigenvalue weighted by molar-refractivity contribution is 6.24. The number of benzene rings is 2. The van der Waals surface area contributed by atoms with Gasteiger partial charge in [0.05, 0.1) is 5.71 Å². The standard InChI is InChI=1S/C22H29N3/c1-4-13-23-19-10-7-17-21(25-15-6-3)12-9-18-20(24-14-5-2)11-8-16(19)22(17)18/h7-12,23-24H,4-6,13-15H2,1-3H3. The Morgan fingerprint density at radius 3 is 2.24 bits per heavy atom. The Hall–Kier alpha value is -2.29. The highest BCUT2D eigenvalue weighted by atomic mass is 14.9. The van der Waals surface area contributed by atoms with Gasteiger partial charge in [0.25, 0.3) is 0 Å². The van der Waals surface area contributed by atoms with Crippen LogP contribution in [0, 0.1) is 0 Å².